The van der Waals surface area contributed by atoms with Gasteiger partial charge in [-0.05, 0) is 55.3 Å². The summed E-state index contributed by atoms with van der Waals surface area (Å²) in [6.07, 6.45) is 0. The molecule has 0 radical (unpaired) electrons. The van der Waals surface area contributed by atoms with Crippen molar-refractivity contribution >= 4 is 27.5 Å². The molecule has 0 aliphatic rings. The molecule has 0 spiro atoms. The molecule has 0 unspecified atom stereocenters. The number of sulfonamides is 1. The van der Waals surface area contributed by atoms with Gasteiger partial charge in [0.2, 0.25) is 11.8 Å². The van der Waals surface area contributed by atoms with Crippen molar-refractivity contribution in [1.29, 1.82) is 0 Å². The molecule has 190 valence electrons. The summed E-state index contributed by atoms with van der Waals surface area (Å²) < 4.78 is 33.8. The highest BCUT2D eigenvalue weighted by Gasteiger charge is 2.32. The number of rotatable bonds is 10. The summed E-state index contributed by atoms with van der Waals surface area (Å²) >= 11 is 0. The molecule has 0 saturated heterocycles. The molecule has 36 heavy (non-hydrogen) atoms. The number of carbonyl (C=O) groups is 2. The average Bonchev–Trinajstić information content (AvgIpc) is 2.90. The Labute approximate surface area is 212 Å². The molecule has 0 fully saturated rings. The number of amides is 2. The van der Waals surface area contributed by atoms with Gasteiger partial charge in [0.25, 0.3) is 10.0 Å². The SMILES string of the molecule is CNC(=O)[C@H](C)N(Cc1cccc(OC)c1)C(=O)CN(c1ccccc1C)S(=O)(=O)c1ccccc1. The van der Waals surface area contributed by atoms with Crippen LogP contribution >= 0.6 is 0 Å². The van der Waals surface area contributed by atoms with E-state index in [0.717, 1.165) is 9.87 Å². The maximum absolute atomic E-state index is 13.7. The number of hydrogen-bond acceptors (Lipinski definition) is 5. The number of methoxy groups -OCH3 is 1. The van der Waals surface area contributed by atoms with Crippen molar-refractivity contribution in [3.05, 3.63) is 90.0 Å². The quantitative estimate of drug-likeness (QED) is 0.452. The lowest BCUT2D eigenvalue weighted by Crippen LogP contribution is -2.50. The smallest absolute Gasteiger partial charge is 0.264 e. The topological polar surface area (TPSA) is 96.0 Å². The fourth-order valence-corrected chi connectivity index (χ4v) is 5.34. The van der Waals surface area contributed by atoms with E-state index in [1.165, 1.54) is 24.1 Å². The summed E-state index contributed by atoms with van der Waals surface area (Å²) in [5, 5.41) is 2.57. The van der Waals surface area contributed by atoms with Crippen molar-refractivity contribution in [2.45, 2.75) is 31.3 Å². The van der Waals surface area contributed by atoms with Crippen LogP contribution in [0.2, 0.25) is 0 Å². The first-order valence-electron chi connectivity index (χ1n) is 11.5. The number of para-hydroxylation sites is 1. The zero-order chi connectivity index (χ0) is 26.3. The largest absolute Gasteiger partial charge is 0.497 e. The van der Waals surface area contributed by atoms with Crippen LogP contribution in [0.4, 0.5) is 5.69 Å². The zero-order valence-electron chi connectivity index (χ0n) is 20.8. The molecule has 0 aliphatic heterocycles. The second-order valence-electron chi connectivity index (χ2n) is 8.27. The number of aryl methyl sites for hydroxylation is 1. The van der Waals surface area contributed by atoms with Gasteiger partial charge in [-0.25, -0.2) is 8.42 Å². The van der Waals surface area contributed by atoms with Crippen LogP contribution in [-0.4, -0.2) is 51.9 Å². The summed E-state index contributed by atoms with van der Waals surface area (Å²) in [6, 6.07) is 21.3. The Morgan fingerprint density at radius 3 is 2.28 bits per heavy atom. The molecule has 0 bridgehead atoms. The van der Waals surface area contributed by atoms with Crippen molar-refractivity contribution < 1.29 is 22.7 Å². The third-order valence-electron chi connectivity index (χ3n) is 5.89. The summed E-state index contributed by atoms with van der Waals surface area (Å²) in [4.78, 5) is 27.7. The molecular weight excluding hydrogens is 478 g/mol. The minimum absolute atomic E-state index is 0.0692. The molecule has 0 saturated carbocycles. The van der Waals surface area contributed by atoms with Gasteiger partial charge in [-0.1, -0.05) is 48.5 Å². The Balaban J connectivity index is 2.03. The molecule has 0 heterocycles. The Morgan fingerprint density at radius 1 is 0.972 bits per heavy atom. The third kappa shape index (κ3) is 6.04. The summed E-state index contributed by atoms with van der Waals surface area (Å²) in [5.74, 6) is -0.267. The first-order chi connectivity index (χ1) is 17.2. The number of nitrogens with one attached hydrogen (secondary N) is 1. The highest BCUT2D eigenvalue weighted by molar-refractivity contribution is 7.92. The lowest BCUT2D eigenvalue weighted by atomic mass is 10.1. The number of carbonyl (C=O) groups excluding carboxylic acids is 2. The second-order valence-corrected chi connectivity index (χ2v) is 10.1. The predicted molar refractivity (Wildman–Crippen MR) is 139 cm³/mol. The first-order valence-corrected chi connectivity index (χ1v) is 12.9. The zero-order valence-corrected chi connectivity index (χ0v) is 21.7. The van der Waals surface area contributed by atoms with Gasteiger partial charge in [0.05, 0.1) is 17.7 Å². The minimum atomic E-state index is -4.07. The molecule has 1 N–H and O–H groups in total. The van der Waals surface area contributed by atoms with Crippen LogP contribution in [-0.2, 0) is 26.2 Å². The van der Waals surface area contributed by atoms with Crippen LogP contribution in [0.1, 0.15) is 18.1 Å². The van der Waals surface area contributed by atoms with E-state index in [4.69, 9.17) is 4.74 Å². The van der Waals surface area contributed by atoms with Crippen LogP contribution in [0, 0.1) is 6.92 Å². The molecule has 0 aromatic heterocycles. The van der Waals surface area contributed by atoms with E-state index in [-0.39, 0.29) is 17.3 Å². The van der Waals surface area contributed by atoms with E-state index >= 15 is 0 Å². The standard InChI is InChI=1S/C27H31N3O5S/c1-20-11-8-9-16-25(20)30(36(33,34)24-14-6-5-7-15-24)19-26(31)29(21(2)27(32)28-3)18-22-12-10-13-23(17-22)35-4/h5-17,21H,18-19H2,1-4H3,(H,28,32)/t21-/m0/s1. The van der Waals surface area contributed by atoms with Gasteiger partial charge in [-0.3, -0.25) is 13.9 Å². The molecule has 0 aliphatic carbocycles. The van der Waals surface area contributed by atoms with Crippen molar-refractivity contribution in [1.82, 2.24) is 10.2 Å². The van der Waals surface area contributed by atoms with Gasteiger partial charge in [0.15, 0.2) is 0 Å². The van der Waals surface area contributed by atoms with Crippen LogP contribution in [0.5, 0.6) is 5.75 Å². The summed E-state index contributed by atoms with van der Waals surface area (Å²) in [7, 11) is -1.04. The maximum Gasteiger partial charge on any atom is 0.264 e. The van der Waals surface area contributed by atoms with Crippen molar-refractivity contribution in [2.75, 3.05) is 25.0 Å². The Kier molecular flexibility index (Phi) is 8.71. The lowest BCUT2D eigenvalue weighted by molar-refractivity contribution is -0.139. The van der Waals surface area contributed by atoms with Crippen LogP contribution in [0.15, 0.2) is 83.8 Å². The number of nitrogens with zero attached hydrogens (tertiary/aromatic N) is 2. The van der Waals surface area contributed by atoms with Gasteiger partial charge in [-0.15, -0.1) is 0 Å². The predicted octanol–water partition coefficient (Wildman–Crippen LogP) is 3.36. The average molecular weight is 510 g/mol. The van der Waals surface area contributed by atoms with Gasteiger partial charge in [-0.2, -0.15) is 0 Å². The number of hydrogen-bond donors (Lipinski definition) is 1. The first kappa shape index (κ1) is 26.7. The van der Waals surface area contributed by atoms with Crippen LogP contribution < -0.4 is 14.4 Å². The van der Waals surface area contributed by atoms with Crippen LogP contribution in [0.3, 0.4) is 0 Å². The maximum atomic E-state index is 13.7. The van der Waals surface area contributed by atoms with E-state index < -0.39 is 28.5 Å². The van der Waals surface area contributed by atoms with E-state index in [0.29, 0.717) is 17.0 Å². The molecular formula is C27H31N3O5S. The number of benzene rings is 3. The third-order valence-corrected chi connectivity index (χ3v) is 7.67. The highest BCUT2D eigenvalue weighted by atomic mass is 32.2. The fourth-order valence-electron chi connectivity index (χ4n) is 3.84. The van der Waals surface area contributed by atoms with E-state index in [9.17, 15) is 18.0 Å². The normalized spacial score (nSPS) is 11.9. The van der Waals surface area contributed by atoms with Gasteiger partial charge < -0.3 is 15.0 Å². The lowest BCUT2D eigenvalue weighted by Gasteiger charge is -2.32. The van der Waals surface area contributed by atoms with E-state index in [2.05, 4.69) is 5.32 Å². The molecule has 3 aromatic rings. The number of anilines is 1. The minimum Gasteiger partial charge on any atom is -0.497 e. The Morgan fingerprint density at radius 2 is 1.64 bits per heavy atom. The summed E-state index contributed by atoms with van der Waals surface area (Å²) in [5.41, 5.74) is 1.83. The highest BCUT2D eigenvalue weighted by Crippen LogP contribution is 2.27. The van der Waals surface area contributed by atoms with Gasteiger partial charge in [0.1, 0.15) is 18.3 Å². The molecule has 3 rings (SSSR count). The van der Waals surface area contributed by atoms with Crippen molar-refractivity contribution in [2.24, 2.45) is 0 Å². The second kappa shape index (κ2) is 11.7. The van der Waals surface area contributed by atoms with E-state index in [1.54, 1.807) is 81.6 Å². The molecule has 1 atom stereocenters. The van der Waals surface area contributed by atoms with E-state index in [1.807, 2.05) is 6.07 Å². The van der Waals surface area contributed by atoms with Crippen LogP contribution in [0.25, 0.3) is 0 Å². The van der Waals surface area contributed by atoms with Gasteiger partial charge >= 0.3 is 0 Å². The monoisotopic (exact) mass is 509 g/mol. The number of ether oxygens (including phenoxy) is 1. The Bertz CT molecular complexity index is 1310. The van der Waals surface area contributed by atoms with Crippen molar-refractivity contribution in [3.63, 3.8) is 0 Å². The molecule has 8 nitrogen and oxygen atoms in total. The summed E-state index contributed by atoms with van der Waals surface area (Å²) in [6.45, 7) is 3.01. The fraction of sp³-hybridized carbons (Fsp3) is 0.259. The van der Waals surface area contributed by atoms with Gasteiger partial charge in [0, 0.05) is 13.6 Å². The molecule has 3 aromatic carbocycles. The Hall–Kier alpha value is -3.85. The molecule has 2 amide bonds. The van der Waals surface area contributed by atoms with Crippen molar-refractivity contribution in [3.8, 4) is 5.75 Å². The molecule has 9 heteroatoms. The number of likely N-dealkylation sites (N-methyl/N-ethyl adjacent to an activating group) is 1.